The molecule has 9 heteroatoms. The monoisotopic (exact) mass is 514 g/mol. The van der Waals surface area contributed by atoms with E-state index >= 15 is 0 Å². The number of nitrogens with zero attached hydrogens (tertiary/aromatic N) is 4. The van der Waals surface area contributed by atoms with Crippen molar-refractivity contribution in [1.82, 2.24) is 14.8 Å². The molecule has 0 unspecified atom stereocenters. The van der Waals surface area contributed by atoms with Gasteiger partial charge in [0.2, 0.25) is 5.91 Å². The van der Waals surface area contributed by atoms with Crippen molar-refractivity contribution in [3.05, 3.63) is 65.7 Å². The van der Waals surface area contributed by atoms with E-state index in [1.165, 1.54) is 0 Å². The first-order valence-corrected chi connectivity index (χ1v) is 13.1. The van der Waals surface area contributed by atoms with E-state index in [9.17, 15) is 14.8 Å². The first-order chi connectivity index (χ1) is 18.6. The number of fused-ring (bicyclic) bond motifs is 1. The molecule has 0 saturated carbocycles. The number of aromatic nitrogens is 1. The fraction of sp³-hybridized carbons (Fsp3) is 0.379. The van der Waals surface area contributed by atoms with Crippen molar-refractivity contribution >= 4 is 17.4 Å². The largest absolute Gasteiger partial charge is 0.460 e. The Morgan fingerprint density at radius 3 is 2.47 bits per heavy atom. The third-order valence-electron chi connectivity index (χ3n) is 7.80. The summed E-state index contributed by atoms with van der Waals surface area (Å²) in [4.78, 5) is 33.5. The molecule has 0 atom stereocenters. The topological polar surface area (TPSA) is 108 Å². The van der Waals surface area contributed by atoms with Gasteiger partial charge in [0.05, 0.1) is 31.9 Å². The van der Waals surface area contributed by atoms with Gasteiger partial charge in [0, 0.05) is 66.7 Å². The number of amides is 1. The van der Waals surface area contributed by atoms with Crippen LogP contribution >= 0.6 is 0 Å². The summed E-state index contributed by atoms with van der Waals surface area (Å²) in [6.07, 6.45) is 5.26. The number of morpholine rings is 1. The van der Waals surface area contributed by atoms with Gasteiger partial charge in [-0.3, -0.25) is 19.5 Å². The lowest BCUT2D eigenvalue weighted by Crippen LogP contribution is -2.46. The van der Waals surface area contributed by atoms with Crippen LogP contribution in [0.15, 0.2) is 58.4 Å². The lowest BCUT2D eigenvalue weighted by molar-refractivity contribution is -0.134. The zero-order valence-corrected chi connectivity index (χ0v) is 21.1. The lowest BCUT2D eigenvalue weighted by atomic mass is 9.93. The molecule has 38 heavy (non-hydrogen) atoms. The summed E-state index contributed by atoms with van der Waals surface area (Å²) in [7, 11) is 0. The third kappa shape index (κ3) is 4.75. The fourth-order valence-electron chi connectivity index (χ4n) is 5.63. The van der Waals surface area contributed by atoms with Crippen LogP contribution in [0.4, 0.5) is 0 Å². The first-order valence-electron chi connectivity index (χ1n) is 13.1. The second-order valence-electron chi connectivity index (χ2n) is 10.1. The Labute approximate surface area is 220 Å². The molecule has 6 rings (SSSR count). The second kappa shape index (κ2) is 10.5. The number of pyridine rings is 1. The van der Waals surface area contributed by atoms with E-state index in [1.807, 2.05) is 29.2 Å². The van der Waals surface area contributed by atoms with Gasteiger partial charge in [-0.1, -0.05) is 11.2 Å². The number of likely N-dealkylation sites (tertiary alicyclic amines) is 1. The standard InChI is InChI=1S/C29H30N4O5/c34-26-17-25(31-36)24-15-21(1-2-22(24)26)29-23(19-3-7-30-8-4-19)16-27(38-29)20-5-9-33(10-6-20)28(35)18-32-11-13-37-14-12-32/h1-4,7-8,15-16,20,36H,5-6,9-14,17-18H2. The molecule has 4 heterocycles. The summed E-state index contributed by atoms with van der Waals surface area (Å²) < 4.78 is 11.9. The summed E-state index contributed by atoms with van der Waals surface area (Å²) in [5.41, 5.74) is 4.32. The fourth-order valence-corrected chi connectivity index (χ4v) is 5.63. The molecular formula is C29H30N4O5. The predicted octanol–water partition coefficient (Wildman–Crippen LogP) is 3.81. The molecule has 196 valence electrons. The van der Waals surface area contributed by atoms with Gasteiger partial charge in [0.25, 0.3) is 0 Å². The number of piperidine rings is 1. The van der Waals surface area contributed by atoms with Crippen LogP contribution in [-0.4, -0.2) is 83.3 Å². The average molecular weight is 515 g/mol. The predicted molar refractivity (Wildman–Crippen MR) is 140 cm³/mol. The van der Waals surface area contributed by atoms with Gasteiger partial charge in [-0.05, 0) is 48.7 Å². The molecular weight excluding hydrogens is 484 g/mol. The Balaban J connectivity index is 1.25. The molecule has 1 amide bonds. The highest BCUT2D eigenvalue weighted by Gasteiger charge is 2.30. The van der Waals surface area contributed by atoms with Crippen molar-refractivity contribution in [1.29, 1.82) is 0 Å². The summed E-state index contributed by atoms with van der Waals surface area (Å²) in [6.45, 7) is 4.83. The minimum atomic E-state index is -0.0521. The van der Waals surface area contributed by atoms with Crippen molar-refractivity contribution in [3.63, 3.8) is 0 Å². The number of oxime groups is 1. The molecule has 3 aliphatic rings. The molecule has 0 spiro atoms. The molecule has 2 aromatic heterocycles. The van der Waals surface area contributed by atoms with E-state index in [4.69, 9.17) is 9.15 Å². The van der Waals surface area contributed by atoms with Crippen molar-refractivity contribution in [2.75, 3.05) is 45.9 Å². The van der Waals surface area contributed by atoms with Crippen molar-refractivity contribution in [3.8, 4) is 22.5 Å². The maximum atomic E-state index is 12.9. The zero-order chi connectivity index (χ0) is 26.1. The van der Waals surface area contributed by atoms with Crippen LogP contribution in [0.1, 0.15) is 46.9 Å². The normalized spacial score (nSPS) is 19.7. The number of Topliss-reactive ketones (excluding diaryl/α,β-unsaturated/α-hetero) is 1. The van der Waals surface area contributed by atoms with E-state index in [0.717, 1.165) is 48.4 Å². The van der Waals surface area contributed by atoms with Gasteiger partial charge in [-0.25, -0.2) is 0 Å². The third-order valence-corrected chi connectivity index (χ3v) is 7.80. The van der Waals surface area contributed by atoms with E-state index < -0.39 is 0 Å². The number of carbonyl (C=O) groups is 2. The Bertz CT molecular complexity index is 1370. The molecule has 2 aliphatic heterocycles. The van der Waals surface area contributed by atoms with Gasteiger partial charge in [-0.15, -0.1) is 0 Å². The minimum absolute atomic E-state index is 0.0521. The SMILES string of the molecule is O=C1CC(=NO)c2cc(-c3oc(C4CCN(C(=O)CN5CCOCC5)CC4)cc3-c3ccncc3)ccc21. The second-order valence-corrected chi connectivity index (χ2v) is 10.1. The minimum Gasteiger partial charge on any atom is -0.460 e. The average Bonchev–Trinajstić information content (AvgIpc) is 3.55. The Hall–Kier alpha value is -3.82. The first kappa shape index (κ1) is 24.5. The summed E-state index contributed by atoms with van der Waals surface area (Å²) in [6, 6.07) is 11.5. The molecule has 1 aliphatic carbocycles. The van der Waals surface area contributed by atoms with Gasteiger partial charge in [-0.2, -0.15) is 0 Å². The van der Waals surface area contributed by atoms with Gasteiger partial charge >= 0.3 is 0 Å². The maximum Gasteiger partial charge on any atom is 0.236 e. The number of hydrogen-bond donors (Lipinski definition) is 1. The summed E-state index contributed by atoms with van der Waals surface area (Å²) >= 11 is 0. The van der Waals surface area contributed by atoms with Crippen LogP contribution in [0.5, 0.6) is 0 Å². The number of benzene rings is 1. The van der Waals surface area contributed by atoms with Gasteiger partial charge < -0.3 is 19.3 Å². The van der Waals surface area contributed by atoms with E-state index in [0.29, 0.717) is 55.4 Å². The van der Waals surface area contributed by atoms with Gasteiger partial charge in [0.1, 0.15) is 11.5 Å². The smallest absolute Gasteiger partial charge is 0.236 e. The zero-order valence-electron chi connectivity index (χ0n) is 21.1. The molecule has 3 aromatic rings. The van der Waals surface area contributed by atoms with Crippen molar-refractivity contribution < 1.29 is 24.0 Å². The van der Waals surface area contributed by atoms with Crippen LogP contribution in [-0.2, 0) is 9.53 Å². The van der Waals surface area contributed by atoms with Crippen LogP contribution in [0.2, 0.25) is 0 Å². The highest BCUT2D eigenvalue weighted by molar-refractivity contribution is 6.26. The molecule has 1 N–H and O–H groups in total. The van der Waals surface area contributed by atoms with Crippen molar-refractivity contribution in [2.24, 2.45) is 5.16 Å². The maximum absolute atomic E-state index is 12.9. The Morgan fingerprint density at radius 2 is 1.74 bits per heavy atom. The lowest BCUT2D eigenvalue weighted by Gasteiger charge is -2.33. The number of carbonyl (C=O) groups excluding carboxylic acids is 2. The van der Waals surface area contributed by atoms with E-state index in [1.54, 1.807) is 18.5 Å². The van der Waals surface area contributed by atoms with E-state index in [-0.39, 0.29) is 24.0 Å². The van der Waals surface area contributed by atoms with E-state index in [2.05, 4.69) is 21.1 Å². The van der Waals surface area contributed by atoms with Crippen LogP contribution in [0.3, 0.4) is 0 Å². The molecule has 1 aromatic carbocycles. The number of hydrogen-bond acceptors (Lipinski definition) is 8. The molecule has 9 nitrogen and oxygen atoms in total. The molecule has 2 fully saturated rings. The quantitative estimate of drug-likeness (QED) is 0.407. The highest BCUT2D eigenvalue weighted by Crippen LogP contribution is 2.41. The van der Waals surface area contributed by atoms with Crippen LogP contribution < -0.4 is 0 Å². The Kier molecular flexibility index (Phi) is 6.78. The molecule has 0 bridgehead atoms. The molecule has 2 saturated heterocycles. The number of ketones is 1. The van der Waals surface area contributed by atoms with Crippen LogP contribution in [0.25, 0.3) is 22.5 Å². The summed E-state index contributed by atoms with van der Waals surface area (Å²) in [5.74, 6) is 1.92. The number of ether oxygens (including phenoxy) is 1. The Morgan fingerprint density at radius 1 is 0.974 bits per heavy atom. The van der Waals surface area contributed by atoms with Crippen molar-refractivity contribution in [2.45, 2.75) is 25.2 Å². The van der Waals surface area contributed by atoms with Gasteiger partial charge in [0.15, 0.2) is 5.78 Å². The number of furan rings is 1. The molecule has 0 radical (unpaired) electrons. The van der Waals surface area contributed by atoms with Crippen LogP contribution in [0, 0.1) is 0 Å². The number of rotatable bonds is 5. The summed E-state index contributed by atoms with van der Waals surface area (Å²) in [5, 5.41) is 12.8. The highest BCUT2D eigenvalue weighted by atomic mass is 16.5.